The number of oxime groups is 1. The van der Waals surface area contributed by atoms with Gasteiger partial charge in [-0.25, -0.2) is 4.98 Å². The van der Waals surface area contributed by atoms with E-state index in [0.717, 1.165) is 33.6 Å². The normalized spacial score (nSPS) is 15.7. The van der Waals surface area contributed by atoms with Gasteiger partial charge in [0, 0.05) is 11.8 Å². The summed E-state index contributed by atoms with van der Waals surface area (Å²) in [5.74, 6) is 1.44. The van der Waals surface area contributed by atoms with Gasteiger partial charge in [-0.2, -0.15) is 0 Å². The Balaban J connectivity index is 1.33. The first-order chi connectivity index (χ1) is 15.2. The van der Waals surface area contributed by atoms with Crippen LogP contribution in [0.5, 0.6) is 5.75 Å². The SMILES string of the molecule is COc1cc(/C=C/C2=NOC(c3cccc4ccccc34)N2)ccc1-n1cnc(C)c1. The number of hydrogen-bond donors (Lipinski definition) is 1. The molecular formula is C25H22N4O2. The zero-order valence-corrected chi connectivity index (χ0v) is 17.3. The number of ether oxygens (including phenoxy) is 1. The summed E-state index contributed by atoms with van der Waals surface area (Å²) >= 11 is 0. The quantitative estimate of drug-likeness (QED) is 0.504. The van der Waals surface area contributed by atoms with Crippen LogP contribution in [-0.2, 0) is 4.84 Å². The summed E-state index contributed by atoms with van der Waals surface area (Å²) in [7, 11) is 1.67. The Bertz CT molecular complexity index is 1300. The second-order valence-corrected chi connectivity index (χ2v) is 7.36. The highest BCUT2D eigenvalue weighted by Gasteiger charge is 2.21. The number of amidine groups is 1. The molecule has 5 rings (SSSR count). The molecule has 0 amide bonds. The molecule has 0 fully saturated rings. The Morgan fingerprint density at radius 1 is 1.06 bits per heavy atom. The van der Waals surface area contributed by atoms with Gasteiger partial charge in [0.25, 0.3) is 0 Å². The van der Waals surface area contributed by atoms with Crippen molar-refractivity contribution >= 4 is 22.7 Å². The van der Waals surface area contributed by atoms with Gasteiger partial charge >= 0.3 is 0 Å². The third kappa shape index (κ3) is 3.75. The van der Waals surface area contributed by atoms with E-state index in [1.165, 1.54) is 5.39 Å². The maximum Gasteiger partial charge on any atom is 0.225 e. The molecule has 0 radical (unpaired) electrons. The summed E-state index contributed by atoms with van der Waals surface area (Å²) in [5.41, 5.74) is 3.95. The molecule has 1 N–H and O–H groups in total. The van der Waals surface area contributed by atoms with Gasteiger partial charge in [-0.15, -0.1) is 0 Å². The molecule has 3 aromatic carbocycles. The van der Waals surface area contributed by atoms with E-state index in [-0.39, 0.29) is 6.23 Å². The van der Waals surface area contributed by atoms with Gasteiger partial charge in [0.15, 0.2) is 5.84 Å². The summed E-state index contributed by atoms with van der Waals surface area (Å²) in [6.07, 6.45) is 7.32. The molecule has 1 aliphatic rings. The van der Waals surface area contributed by atoms with Crippen LogP contribution in [0.3, 0.4) is 0 Å². The maximum absolute atomic E-state index is 5.66. The lowest BCUT2D eigenvalue weighted by molar-refractivity contribution is 0.0740. The lowest BCUT2D eigenvalue weighted by Gasteiger charge is -2.12. The molecule has 1 unspecified atom stereocenters. The monoisotopic (exact) mass is 410 g/mol. The van der Waals surface area contributed by atoms with E-state index in [2.05, 4.69) is 39.7 Å². The van der Waals surface area contributed by atoms with Gasteiger partial charge in [0.1, 0.15) is 5.75 Å². The van der Waals surface area contributed by atoms with E-state index in [0.29, 0.717) is 5.84 Å². The summed E-state index contributed by atoms with van der Waals surface area (Å²) in [6, 6.07) is 20.5. The minimum absolute atomic E-state index is 0.313. The number of hydrogen-bond acceptors (Lipinski definition) is 5. The van der Waals surface area contributed by atoms with Crippen molar-refractivity contribution in [1.82, 2.24) is 14.9 Å². The highest BCUT2D eigenvalue weighted by Crippen LogP contribution is 2.28. The Hall–Kier alpha value is -4.06. The number of imidazole rings is 1. The molecule has 4 aromatic rings. The van der Waals surface area contributed by atoms with Crippen molar-refractivity contribution in [3.63, 3.8) is 0 Å². The average Bonchev–Trinajstić information content (AvgIpc) is 3.46. The van der Waals surface area contributed by atoms with Crippen LogP contribution < -0.4 is 10.1 Å². The van der Waals surface area contributed by atoms with E-state index >= 15 is 0 Å². The number of nitrogens with one attached hydrogen (secondary N) is 1. The topological polar surface area (TPSA) is 60.7 Å². The number of fused-ring (bicyclic) bond motifs is 1. The number of nitrogens with zero attached hydrogens (tertiary/aromatic N) is 3. The fraction of sp³-hybridized carbons (Fsp3) is 0.120. The molecule has 0 spiro atoms. The first-order valence-electron chi connectivity index (χ1n) is 10.1. The highest BCUT2D eigenvalue weighted by atomic mass is 16.7. The van der Waals surface area contributed by atoms with E-state index in [9.17, 15) is 0 Å². The molecule has 31 heavy (non-hydrogen) atoms. The van der Waals surface area contributed by atoms with Gasteiger partial charge in [-0.05, 0) is 41.5 Å². The standard InChI is InChI=1S/C25H22N4O2/c1-17-15-29(16-26-17)22-12-10-18(14-23(22)30-2)11-13-24-27-25(31-28-24)21-9-5-7-19-6-3-4-8-20(19)21/h3-16,25H,1-2H3,(H,27,28)/b13-11+. The van der Waals surface area contributed by atoms with Crippen LogP contribution in [0.25, 0.3) is 22.5 Å². The Labute approximate surface area is 180 Å². The fourth-order valence-electron chi connectivity index (χ4n) is 3.73. The van der Waals surface area contributed by atoms with Crippen LogP contribution in [0.2, 0.25) is 0 Å². The molecule has 0 bridgehead atoms. The summed E-state index contributed by atoms with van der Waals surface area (Å²) in [4.78, 5) is 9.95. The average molecular weight is 410 g/mol. The van der Waals surface area contributed by atoms with Crippen molar-refractivity contribution in [1.29, 1.82) is 0 Å². The molecule has 2 heterocycles. The summed E-state index contributed by atoms with van der Waals surface area (Å²) in [5, 5.41) is 9.86. The van der Waals surface area contributed by atoms with Crippen LogP contribution in [-0.4, -0.2) is 22.5 Å². The van der Waals surface area contributed by atoms with Crippen molar-refractivity contribution in [3.05, 3.63) is 96.1 Å². The van der Waals surface area contributed by atoms with Crippen molar-refractivity contribution in [3.8, 4) is 11.4 Å². The van der Waals surface area contributed by atoms with E-state index < -0.39 is 0 Å². The predicted molar refractivity (Wildman–Crippen MR) is 122 cm³/mol. The number of rotatable bonds is 5. The molecule has 1 aromatic heterocycles. The van der Waals surface area contributed by atoms with Crippen LogP contribution in [0.15, 0.2) is 84.4 Å². The van der Waals surface area contributed by atoms with Gasteiger partial charge in [-0.1, -0.05) is 59.8 Å². The van der Waals surface area contributed by atoms with Gasteiger partial charge < -0.3 is 19.5 Å². The first kappa shape index (κ1) is 18.9. The fourth-order valence-corrected chi connectivity index (χ4v) is 3.73. The predicted octanol–water partition coefficient (Wildman–Crippen LogP) is 4.99. The largest absolute Gasteiger partial charge is 0.495 e. The first-order valence-corrected chi connectivity index (χ1v) is 10.1. The molecule has 0 saturated heterocycles. The molecule has 1 atom stereocenters. The number of benzene rings is 3. The Morgan fingerprint density at radius 3 is 2.77 bits per heavy atom. The molecule has 6 heteroatoms. The molecule has 1 aliphatic heterocycles. The molecule has 0 saturated carbocycles. The van der Waals surface area contributed by atoms with Gasteiger partial charge in [0.05, 0.1) is 24.8 Å². The van der Waals surface area contributed by atoms with Gasteiger partial charge in [0.2, 0.25) is 6.23 Å². The number of methoxy groups -OCH3 is 1. The Morgan fingerprint density at radius 2 is 1.94 bits per heavy atom. The Kier molecular flexibility index (Phi) is 4.88. The van der Waals surface area contributed by atoms with E-state index in [4.69, 9.17) is 9.57 Å². The van der Waals surface area contributed by atoms with Crippen molar-refractivity contribution in [2.45, 2.75) is 13.2 Å². The maximum atomic E-state index is 5.66. The van der Waals surface area contributed by atoms with Crippen molar-refractivity contribution in [2.24, 2.45) is 5.16 Å². The van der Waals surface area contributed by atoms with E-state index in [1.807, 2.05) is 66.2 Å². The second kappa shape index (κ2) is 7.99. The molecule has 0 aliphatic carbocycles. The van der Waals surface area contributed by atoms with Gasteiger partial charge in [-0.3, -0.25) is 0 Å². The van der Waals surface area contributed by atoms with Crippen LogP contribution in [0.4, 0.5) is 0 Å². The van der Waals surface area contributed by atoms with E-state index in [1.54, 1.807) is 13.4 Å². The van der Waals surface area contributed by atoms with Crippen LogP contribution in [0.1, 0.15) is 23.0 Å². The summed E-state index contributed by atoms with van der Waals surface area (Å²) in [6.45, 7) is 1.96. The zero-order valence-electron chi connectivity index (χ0n) is 17.3. The molecule has 6 nitrogen and oxygen atoms in total. The van der Waals surface area contributed by atoms with Crippen LogP contribution in [0, 0.1) is 6.92 Å². The lowest BCUT2D eigenvalue weighted by Crippen LogP contribution is -2.21. The van der Waals surface area contributed by atoms with Crippen molar-refractivity contribution < 1.29 is 9.57 Å². The second-order valence-electron chi connectivity index (χ2n) is 7.36. The minimum atomic E-state index is -0.313. The molecule has 154 valence electrons. The summed E-state index contributed by atoms with van der Waals surface area (Å²) < 4.78 is 7.54. The minimum Gasteiger partial charge on any atom is -0.495 e. The smallest absolute Gasteiger partial charge is 0.225 e. The number of aromatic nitrogens is 2. The third-order valence-corrected chi connectivity index (χ3v) is 5.27. The molecular weight excluding hydrogens is 388 g/mol. The van der Waals surface area contributed by atoms with Crippen LogP contribution >= 0.6 is 0 Å². The zero-order chi connectivity index (χ0) is 21.2. The lowest BCUT2D eigenvalue weighted by atomic mass is 10.0. The highest BCUT2D eigenvalue weighted by molar-refractivity contribution is 5.97. The van der Waals surface area contributed by atoms with Crippen molar-refractivity contribution in [2.75, 3.05) is 7.11 Å². The number of aryl methyl sites for hydroxylation is 1. The third-order valence-electron chi connectivity index (χ3n) is 5.27.